The fourth-order valence-corrected chi connectivity index (χ4v) is 2.43. The summed E-state index contributed by atoms with van der Waals surface area (Å²) in [5.74, 6) is 0.954. The molecule has 0 radical (unpaired) electrons. The highest BCUT2D eigenvalue weighted by Gasteiger charge is 2.25. The fourth-order valence-electron chi connectivity index (χ4n) is 2.43. The molecule has 1 aliphatic carbocycles. The first-order valence-electron chi connectivity index (χ1n) is 6.42. The van der Waals surface area contributed by atoms with Crippen LogP contribution >= 0.6 is 0 Å². The largest absolute Gasteiger partial charge is 0.489 e. The van der Waals surface area contributed by atoms with Gasteiger partial charge in [0, 0.05) is 0 Å². The summed E-state index contributed by atoms with van der Waals surface area (Å²) in [5.41, 5.74) is 1.20. The van der Waals surface area contributed by atoms with Crippen molar-refractivity contribution >= 4 is 0 Å². The Morgan fingerprint density at radius 1 is 1.24 bits per heavy atom. The van der Waals surface area contributed by atoms with E-state index in [1.165, 1.54) is 18.4 Å². The standard InChI is InChI=1S/C15H19NO/c1-12-6-5-8-14(10-12)17-15-9-4-2-3-7-13(15)11-16/h5-6,8,10,13,15H,2-4,7,9H2,1H3. The minimum Gasteiger partial charge on any atom is -0.489 e. The van der Waals surface area contributed by atoms with Gasteiger partial charge in [-0.1, -0.05) is 25.0 Å². The second-order valence-corrected chi connectivity index (χ2v) is 4.85. The van der Waals surface area contributed by atoms with Gasteiger partial charge in [-0.3, -0.25) is 0 Å². The second-order valence-electron chi connectivity index (χ2n) is 4.85. The molecule has 90 valence electrons. The van der Waals surface area contributed by atoms with Gasteiger partial charge in [-0.05, 0) is 43.9 Å². The molecule has 0 aromatic heterocycles. The minimum atomic E-state index is 0.0537. The molecule has 2 unspecified atom stereocenters. The first kappa shape index (κ1) is 12.0. The van der Waals surface area contributed by atoms with Crippen LogP contribution in [0.5, 0.6) is 5.75 Å². The molecule has 2 rings (SSSR count). The predicted octanol–water partition coefficient (Wildman–Crippen LogP) is 3.85. The number of nitrogens with zero attached hydrogens (tertiary/aromatic N) is 1. The molecule has 0 N–H and O–H groups in total. The molecule has 0 aliphatic heterocycles. The molecule has 0 bridgehead atoms. The first-order valence-corrected chi connectivity index (χ1v) is 6.42. The molecule has 1 aromatic rings. The molecule has 0 saturated heterocycles. The van der Waals surface area contributed by atoms with E-state index in [9.17, 15) is 5.26 Å². The lowest BCUT2D eigenvalue weighted by Crippen LogP contribution is -2.24. The number of nitriles is 1. The highest BCUT2D eigenvalue weighted by Crippen LogP contribution is 2.27. The molecular weight excluding hydrogens is 210 g/mol. The number of benzene rings is 1. The zero-order valence-corrected chi connectivity index (χ0v) is 10.4. The maximum Gasteiger partial charge on any atom is 0.120 e. The van der Waals surface area contributed by atoms with Crippen molar-refractivity contribution < 1.29 is 4.74 Å². The van der Waals surface area contributed by atoms with E-state index in [0.29, 0.717) is 0 Å². The van der Waals surface area contributed by atoms with Gasteiger partial charge in [0.2, 0.25) is 0 Å². The molecule has 2 heteroatoms. The number of ether oxygens (including phenoxy) is 1. The van der Waals surface area contributed by atoms with Gasteiger partial charge in [-0.2, -0.15) is 5.26 Å². The lowest BCUT2D eigenvalue weighted by Gasteiger charge is -2.21. The van der Waals surface area contributed by atoms with E-state index in [1.807, 2.05) is 18.2 Å². The molecule has 17 heavy (non-hydrogen) atoms. The van der Waals surface area contributed by atoms with Crippen molar-refractivity contribution in [2.75, 3.05) is 0 Å². The highest BCUT2D eigenvalue weighted by molar-refractivity contribution is 5.27. The van der Waals surface area contributed by atoms with Gasteiger partial charge in [0.1, 0.15) is 11.9 Å². The number of rotatable bonds is 2. The van der Waals surface area contributed by atoms with Crippen molar-refractivity contribution in [3.05, 3.63) is 29.8 Å². The van der Waals surface area contributed by atoms with E-state index < -0.39 is 0 Å². The van der Waals surface area contributed by atoms with Crippen molar-refractivity contribution in [1.29, 1.82) is 5.26 Å². The Morgan fingerprint density at radius 2 is 2.06 bits per heavy atom. The van der Waals surface area contributed by atoms with E-state index in [1.54, 1.807) is 0 Å². The van der Waals surface area contributed by atoms with Crippen LogP contribution in [0.3, 0.4) is 0 Å². The molecule has 0 spiro atoms. The van der Waals surface area contributed by atoms with Crippen LogP contribution < -0.4 is 4.74 Å². The quantitative estimate of drug-likeness (QED) is 0.722. The van der Waals surface area contributed by atoms with Crippen LogP contribution in [0.15, 0.2) is 24.3 Å². The summed E-state index contributed by atoms with van der Waals surface area (Å²) in [5, 5.41) is 9.19. The third kappa shape index (κ3) is 3.23. The maximum absolute atomic E-state index is 9.19. The Balaban J connectivity index is 2.07. The van der Waals surface area contributed by atoms with E-state index in [0.717, 1.165) is 25.0 Å². The number of hydrogen-bond acceptors (Lipinski definition) is 2. The third-order valence-electron chi connectivity index (χ3n) is 3.40. The van der Waals surface area contributed by atoms with Crippen LogP contribution in [-0.4, -0.2) is 6.10 Å². The van der Waals surface area contributed by atoms with Crippen LogP contribution in [0.4, 0.5) is 0 Å². The van der Waals surface area contributed by atoms with Crippen LogP contribution in [0.25, 0.3) is 0 Å². The zero-order valence-electron chi connectivity index (χ0n) is 10.4. The molecule has 0 amide bonds. The molecular formula is C15H19NO. The van der Waals surface area contributed by atoms with Gasteiger partial charge in [-0.25, -0.2) is 0 Å². The number of hydrogen-bond donors (Lipinski definition) is 0. The first-order chi connectivity index (χ1) is 8.29. The Hall–Kier alpha value is -1.49. The van der Waals surface area contributed by atoms with Gasteiger partial charge in [0.25, 0.3) is 0 Å². The SMILES string of the molecule is Cc1cccc(OC2CCCCCC2C#N)c1. The Bertz CT molecular complexity index is 408. The molecule has 0 heterocycles. The summed E-state index contributed by atoms with van der Waals surface area (Å²) >= 11 is 0. The van der Waals surface area contributed by atoms with Crippen molar-refractivity contribution in [3.8, 4) is 11.8 Å². The second kappa shape index (κ2) is 5.72. The fraction of sp³-hybridized carbons (Fsp3) is 0.533. The van der Waals surface area contributed by atoms with Crippen molar-refractivity contribution in [2.24, 2.45) is 5.92 Å². The van der Waals surface area contributed by atoms with Crippen LogP contribution in [0.1, 0.15) is 37.7 Å². The van der Waals surface area contributed by atoms with E-state index in [2.05, 4.69) is 19.1 Å². The van der Waals surface area contributed by atoms with Gasteiger partial charge >= 0.3 is 0 Å². The average Bonchev–Trinajstić information content (AvgIpc) is 2.54. The van der Waals surface area contributed by atoms with Gasteiger partial charge in [0.15, 0.2) is 0 Å². The van der Waals surface area contributed by atoms with Crippen LogP contribution in [0.2, 0.25) is 0 Å². The smallest absolute Gasteiger partial charge is 0.120 e. The Kier molecular flexibility index (Phi) is 4.03. The Morgan fingerprint density at radius 3 is 2.82 bits per heavy atom. The van der Waals surface area contributed by atoms with Gasteiger partial charge in [-0.15, -0.1) is 0 Å². The predicted molar refractivity (Wildman–Crippen MR) is 67.8 cm³/mol. The molecule has 1 aromatic carbocycles. The lowest BCUT2D eigenvalue weighted by atomic mass is 9.99. The van der Waals surface area contributed by atoms with Crippen molar-refractivity contribution in [1.82, 2.24) is 0 Å². The Labute approximate surface area is 103 Å². The van der Waals surface area contributed by atoms with Crippen molar-refractivity contribution in [3.63, 3.8) is 0 Å². The minimum absolute atomic E-state index is 0.0537. The van der Waals surface area contributed by atoms with E-state index in [4.69, 9.17) is 4.74 Å². The average molecular weight is 229 g/mol. The maximum atomic E-state index is 9.19. The zero-order chi connectivity index (χ0) is 12.1. The monoisotopic (exact) mass is 229 g/mol. The molecule has 1 saturated carbocycles. The van der Waals surface area contributed by atoms with E-state index >= 15 is 0 Å². The van der Waals surface area contributed by atoms with Crippen LogP contribution in [-0.2, 0) is 0 Å². The normalized spacial score (nSPS) is 24.7. The summed E-state index contributed by atoms with van der Waals surface area (Å²) in [6.07, 6.45) is 5.62. The molecule has 1 aliphatic rings. The van der Waals surface area contributed by atoms with Gasteiger partial charge < -0.3 is 4.74 Å². The number of aryl methyl sites for hydroxylation is 1. The molecule has 2 nitrogen and oxygen atoms in total. The summed E-state index contributed by atoms with van der Waals surface area (Å²) in [7, 11) is 0. The summed E-state index contributed by atoms with van der Waals surface area (Å²) in [6, 6.07) is 10.5. The topological polar surface area (TPSA) is 33.0 Å². The van der Waals surface area contributed by atoms with Crippen LogP contribution in [0, 0.1) is 24.2 Å². The molecule has 2 atom stereocenters. The summed E-state index contributed by atoms with van der Waals surface area (Å²) in [6.45, 7) is 2.06. The van der Waals surface area contributed by atoms with Gasteiger partial charge in [0.05, 0.1) is 12.0 Å². The van der Waals surface area contributed by atoms with E-state index in [-0.39, 0.29) is 12.0 Å². The summed E-state index contributed by atoms with van der Waals surface area (Å²) in [4.78, 5) is 0. The summed E-state index contributed by atoms with van der Waals surface area (Å²) < 4.78 is 6.00. The van der Waals surface area contributed by atoms with Crippen molar-refractivity contribution in [2.45, 2.75) is 45.1 Å². The third-order valence-corrected chi connectivity index (χ3v) is 3.40. The molecule has 1 fully saturated rings. The highest BCUT2D eigenvalue weighted by atomic mass is 16.5. The lowest BCUT2D eigenvalue weighted by molar-refractivity contribution is 0.152.